The van der Waals surface area contributed by atoms with Crippen molar-refractivity contribution in [3.63, 3.8) is 0 Å². The second-order valence-corrected chi connectivity index (χ2v) is 5.40. The molecule has 0 bridgehead atoms. The zero-order chi connectivity index (χ0) is 16.5. The third-order valence-corrected chi connectivity index (χ3v) is 3.31. The molecule has 0 aliphatic heterocycles. The summed E-state index contributed by atoms with van der Waals surface area (Å²) in [5, 5.41) is 8.38. The number of unbranched alkanes of at least 4 members (excludes halogenated alkanes) is 6. The van der Waals surface area contributed by atoms with Crippen molar-refractivity contribution in [1.82, 2.24) is 0 Å². The summed E-state index contributed by atoms with van der Waals surface area (Å²) in [5.74, 6) is -0.879. The Bertz CT molecular complexity index is 339. The van der Waals surface area contributed by atoms with Crippen LogP contribution in [0.1, 0.15) is 75.6 Å². The normalized spacial score (nSPS) is 9.91. The fourth-order valence-electron chi connectivity index (χ4n) is 1.94. The summed E-state index contributed by atoms with van der Waals surface area (Å²) < 4.78 is 5.53. The Morgan fingerprint density at radius 2 is 1.36 bits per heavy atom. The monoisotopic (exact) mass is 308 g/mol. The molecule has 22 heavy (non-hydrogen) atoms. The largest absolute Gasteiger partial charge is 0.478 e. The Hall–Kier alpha value is -1.35. The van der Waals surface area contributed by atoms with Crippen molar-refractivity contribution in [3.05, 3.63) is 35.9 Å². The minimum atomic E-state index is -0.879. The zero-order valence-corrected chi connectivity index (χ0v) is 14.2. The van der Waals surface area contributed by atoms with Crippen LogP contribution >= 0.6 is 0 Å². The summed E-state index contributed by atoms with van der Waals surface area (Å²) in [7, 11) is 0. The van der Waals surface area contributed by atoms with E-state index in [1.54, 1.807) is 30.3 Å². The number of aromatic carboxylic acids is 1. The Morgan fingerprint density at radius 1 is 0.864 bits per heavy atom. The van der Waals surface area contributed by atoms with E-state index in [-0.39, 0.29) is 0 Å². The van der Waals surface area contributed by atoms with Crippen LogP contribution in [-0.4, -0.2) is 24.3 Å². The van der Waals surface area contributed by atoms with Crippen molar-refractivity contribution in [2.24, 2.45) is 0 Å². The Morgan fingerprint density at radius 3 is 1.73 bits per heavy atom. The molecule has 0 aromatic heterocycles. The number of carboxylic acids is 1. The van der Waals surface area contributed by atoms with Crippen molar-refractivity contribution >= 4 is 5.97 Å². The highest BCUT2D eigenvalue weighted by Crippen LogP contribution is 2.01. The molecule has 0 spiro atoms. The number of ether oxygens (including phenoxy) is 1. The maximum absolute atomic E-state index is 10.2. The molecule has 0 saturated carbocycles. The van der Waals surface area contributed by atoms with Gasteiger partial charge in [-0.15, -0.1) is 0 Å². The molecule has 0 saturated heterocycles. The van der Waals surface area contributed by atoms with Gasteiger partial charge in [-0.25, -0.2) is 4.79 Å². The minimum Gasteiger partial charge on any atom is -0.478 e. The van der Waals surface area contributed by atoms with E-state index in [9.17, 15) is 4.79 Å². The Kier molecular flexibility index (Phi) is 15.0. The fourth-order valence-corrected chi connectivity index (χ4v) is 1.94. The van der Waals surface area contributed by atoms with Crippen molar-refractivity contribution in [3.8, 4) is 0 Å². The Balaban J connectivity index is 0.000000425. The van der Waals surface area contributed by atoms with Crippen molar-refractivity contribution in [2.45, 2.75) is 65.2 Å². The molecule has 0 aliphatic carbocycles. The lowest BCUT2D eigenvalue weighted by Gasteiger charge is -2.03. The quantitative estimate of drug-likeness (QED) is 0.545. The summed E-state index contributed by atoms with van der Waals surface area (Å²) >= 11 is 0. The predicted octanol–water partition coefficient (Wildman–Crippen LogP) is 5.55. The maximum Gasteiger partial charge on any atom is 0.335 e. The lowest BCUT2D eigenvalue weighted by Crippen LogP contribution is -1.96. The molecular weight excluding hydrogens is 276 g/mol. The molecule has 0 atom stereocenters. The summed E-state index contributed by atoms with van der Waals surface area (Å²) in [6.07, 6.45) is 10.5. The smallest absolute Gasteiger partial charge is 0.335 e. The van der Waals surface area contributed by atoms with Crippen molar-refractivity contribution < 1.29 is 14.6 Å². The number of benzene rings is 1. The van der Waals surface area contributed by atoms with Crippen LogP contribution < -0.4 is 0 Å². The lowest BCUT2D eigenvalue weighted by atomic mass is 10.2. The van der Waals surface area contributed by atoms with Crippen LogP contribution in [0.5, 0.6) is 0 Å². The van der Waals surface area contributed by atoms with Gasteiger partial charge in [-0.1, -0.05) is 70.6 Å². The third kappa shape index (κ3) is 13.6. The van der Waals surface area contributed by atoms with Crippen molar-refractivity contribution in [2.75, 3.05) is 13.2 Å². The molecular formula is C19H32O3. The van der Waals surface area contributed by atoms with E-state index >= 15 is 0 Å². The van der Waals surface area contributed by atoms with E-state index in [0.29, 0.717) is 5.56 Å². The number of rotatable bonds is 11. The van der Waals surface area contributed by atoms with E-state index in [1.807, 2.05) is 0 Å². The molecule has 0 fully saturated rings. The summed E-state index contributed by atoms with van der Waals surface area (Å²) in [6.45, 7) is 6.44. The lowest BCUT2D eigenvalue weighted by molar-refractivity contribution is 0.0697. The van der Waals surface area contributed by atoms with Gasteiger partial charge in [-0.3, -0.25) is 0 Å². The van der Waals surface area contributed by atoms with Gasteiger partial charge in [0.2, 0.25) is 0 Å². The zero-order valence-electron chi connectivity index (χ0n) is 14.2. The topological polar surface area (TPSA) is 46.5 Å². The van der Waals surface area contributed by atoms with E-state index < -0.39 is 5.97 Å². The van der Waals surface area contributed by atoms with Gasteiger partial charge in [-0.05, 0) is 25.0 Å². The predicted molar refractivity (Wildman–Crippen MR) is 92.5 cm³/mol. The standard InChI is InChI=1S/C12H26O.C7H6O2/c1-3-5-7-9-11-13-12-10-8-6-4-2;8-7(9)6-4-2-1-3-5-6/h3-12H2,1-2H3;1-5H,(H,8,9). The van der Waals surface area contributed by atoms with E-state index in [2.05, 4.69) is 13.8 Å². The molecule has 1 rings (SSSR count). The van der Waals surface area contributed by atoms with E-state index in [0.717, 1.165) is 13.2 Å². The van der Waals surface area contributed by atoms with Crippen molar-refractivity contribution in [1.29, 1.82) is 0 Å². The Labute approximate surface area is 135 Å². The van der Waals surface area contributed by atoms with Crippen LogP contribution in [-0.2, 0) is 4.74 Å². The van der Waals surface area contributed by atoms with Crippen LogP contribution in [0.15, 0.2) is 30.3 Å². The highest BCUT2D eigenvalue weighted by molar-refractivity contribution is 5.87. The molecule has 1 aromatic rings. The third-order valence-electron chi connectivity index (χ3n) is 3.31. The van der Waals surface area contributed by atoms with Crippen LogP contribution in [0.3, 0.4) is 0 Å². The highest BCUT2D eigenvalue weighted by atomic mass is 16.5. The van der Waals surface area contributed by atoms with Gasteiger partial charge in [-0.2, -0.15) is 0 Å². The molecule has 0 radical (unpaired) electrons. The molecule has 1 N–H and O–H groups in total. The van der Waals surface area contributed by atoms with E-state index in [1.165, 1.54) is 51.4 Å². The van der Waals surface area contributed by atoms with Gasteiger partial charge in [0.15, 0.2) is 0 Å². The van der Waals surface area contributed by atoms with Crippen LogP contribution in [0.4, 0.5) is 0 Å². The number of carboxylic acid groups (broad SMARTS) is 1. The average molecular weight is 308 g/mol. The second-order valence-electron chi connectivity index (χ2n) is 5.40. The first-order valence-electron chi connectivity index (χ1n) is 8.58. The molecule has 3 heteroatoms. The number of carbonyl (C=O) groups is 1. The molecule has 126 valence electrons. The van der Waals surface area contributed by atoms with Gasteiger partial charge in [0.05, 0.1) is 5.56 Å². The molecule has 0 unspecified atom stereocenters. The van der Waals surface area contributed by atoms with Crippen LogP contribution in [0.2, 0.25) is 0 Å². The number of hydrogen-bond donors (Lipinski definition) is 1. The van der Waals surface area contributed by atoms with Crippen LogP contribution in [0, 0.1) is 0 Å². The molecule has 0 heterocycles. The SMILES string of the molecule is CCCCCCOCCCCCC.O=C(O)c1ccccc1. The molecule has 0 aliphatic rings. The first-order valence-corrected chi connectivity index (χ1v) is 8.58. The first-order chi connectivity index (χ1) is 10.7. The molecule has 3 nitrogen and oxygen atoms in total. The van der Waals surface area contributed by atoms with E-state index in [4.69, 9.17) is 9.84 Å². The van der Waals surface area contributed by atoms with Gasteiger partial charge >= 0.3 is 5.97 Å². The van der Waals surface area contributed by atoms with Gasteiger partial charge in [0, 0.05) is 13.2 Å². The highest BCUT2D eigenvalue weighted by Gasteiger charge is 1.96. The summed E-state index contributed by atoms with van der Waals surface area (Å²) in [6, 6.07) is 8.30. The maximum atomic E-state index is 10.2. The first kappa shape index (κ1) is 20.6. The number of hydrogen-bond acceptors (Lipinski definition) is 2. The van der Waals surface area contributed by atoms with Gasteiger partial charge in [0.1, 0.15) is 0 Å². The molecule has 0 amide bonds. The summed E-state index contributed by atoms with van der Waals surface area (Å²) in [4.78, 5) is 10.2. The van der Waals surface area contributed by atoms with Gasteiger partial charge in [0.25, 0.3) is 0 Å². The molecule has 1 aromatic carbocycles. The van der Waals surface area contributed by atoms with Crippen LogP contribution in [0.25, 0.3) is 0 Å². The second kappa shape index (κ2) is 16.0. The fraction of sp³-hybridized carbons (Fsp3) is 0.632. The average Bonchev–Trinajstić information content (AvgIpc) is 2.55. The van der Waals surface area contributed by atoms with Gasteiger partial charge < -0.3 is 9.84 Å². The summed E-state index contributed by atoms with van der Waals surface area (Å²) in [5.41, 5.74) is 0.331. The minimum absolute atomic E-state index is 0.331.